The number of rotatable bonds is 6. The number of thiophene rings is 1. The number of nitriles is 1. The Bertz CT molecular complexity index is 1290. The van der Waals surface area contributed by atoms with Gasteiger partial charge in [0.1, 0.15) is 0 Å². The second kappa shape index (κ2) is 7.71. The van der Waals surface area contributed by atoms with Gasteiger partial charge >= 0.3 is 5.97 Å². The number of hydrogen-bond acceptors (Lipinski definition) is 5. The molecule has 1 aliphatic carbocycles. The smallest absolute Gasteiger partial charge is 0.335 e. The summed E-state index contributed by atoms with van der Waals surface area (Å²) in [5.41, 5.74) is 2.35. The Morgan fingerprint density at radius 2 is 1.93 bits per heavy atom. The highest BCUT2D eigenvalue weighted by Crippen LogP contribution is 2.44. The molecule has 1 aromatic heterocycles. The van der Waals surface area contributed by atoms with Gasteiger partial charge in [-0.1, -0.05) is 12.1 Å². The van der Waals surface area contributed by atoms with Gasteiger partial charge in [-0.25, -0.2) is 13.2 Å². The summed E-state index contributed by atoms with van der Waals surface area (Å²) in [4.78, 5) is 13.6. The number of aryl methyl sites for hydroxylation is 1. The average Bonchev–Trinajstić information content (AvgIpc) is 3.48. The summed E-state index contributed by atoms with van der Waals surface area (Å²) in [6.07, 6.45) is 1.80. The molecule has 0 bridgehead atoms. The van der Waals surface area contributed by atoms with Crippen LogP contribution in [0.25, 0.3) is 10.4 Å². The number of hydrogen-bond donors (Lipinski definition) is 1. The lowest BCUT2D eigenvalue weighted by Crippen LogP contribution is -2.11. The predicted molar refractivity (Wildman–Crippen MR) is 115 cm³/mol. The molecule has 0 radical (unpaired) electrons. The number of aromatic carboxylic acids is 1. The van der Waals surface area contributed by atoms with Crippen LogP contribution in [0.5, 0.6) is 0 Å². The van der Waals surface area contributed by atoms with Crippen molar-refractivity contribution in [2.45, 2.75) is 36.3 Å². The van der Waals surface area contributed by atoms with E-state index in [1.54, 1.807) is 35.6 Å². The Morgan fingerprint density at radius 3 is 2.53 bits per heavy atom. The molecule has 0 atom stereocenters. The van der Waals surface area contributed by atoms with Gasteiger partial charge in [0.05, 0.1) is 27.8 Å². The predicted octanol–water partition coefficient (Wildman–Crippen LogP) is 5.14. The van der Waals surface area contributed by atoms with Crippen LogP contribution >= 0.6 is 11.3 Å². The standard InChI is InChI=1S/C23H19NO4S2/c1-14-2-9-21(29-14)19-7-3-15(12-24)10-18(19)13-30(27,28)22-11-17(23(25)26)6-8-20(22)16-4-5-16/h2-3,6-11,16H,4-5,13H2,1H3,(H,25,26). The van der Waals surface area contributed by atoms with E-state index >= 15 is 0 Å². The molecule has 1 heterocycles. The molecule has 3 aromatic rings. The first-order valence-corrected chi connectivity index (χ1v) is 11.9. The lowest BCUT2D eigenvalue weighted by atomic mass is 10.0. The summed E-state index contributed by atoms with van der Waals surface area (Å²) < 4.78 is 26.9. The van der Waals surface area contributed by atoms with Crippen LogP contribution in [0.4, 0.5) is 0 Å². The molecule has 0 spiro atoms. The van der Waals surface area contributed by atoms with Gasteiger partial charge in [0.15, 0.2) is 9.84 Å². The molecular weight excluding hydrogens is 418 g/mol. The van der Waals surface area contributed by atoms with Gasteiger partial charge in [-0.15, -0.1) is 11.3 Å². The van der Waals surface area contributed by atoms with Gasteiger partial charge < -0.3 is 5.11 Å². The summed E-state index contributed by atoms with van der Waals surface area (Å²) in [6.45, 7) is 1.98. The molecule has 0 unspecified atom stereocenters. The summed E-state index contributed by atoms with van der Waals surface area (Å²) in [7, 11) is -3.82. The fraction of sp³-hybridized carbons (Fsp3) is 0.217. The summed E-state index contributed by atoms with van der Waals surface area (Å²) in [5, 5.41) is 18.6. The monoisotopic (exact) mass is 437 g/mol. The van der Waals surface area contributed by atoms with Crippen molar-refractivity contribution in [2.24, 2.45) is 0 Å². The summed E-state index contributed by atoms with van der Waals surface area (Å²) in [6, 6.07) is 15.4. The number of sulfone groups is 1. The molecule has 1 aliphatic rings. The molecular formula is C23H19NO4S2. The summed E-state index contributed by atoms with van der Waals surface area (Å²) >= 11 is 1.56. The normalized spacial score (nSPS) is 13.7. The van der Waals surface area contributed by atoms with E-state index in [0.717, 1.165) is 28.2 Å². The third kappa shape index (κ3) is 4.02. The third-order valence-electron chi connectivity index (χ3n) is 5.20. The molecule has 5 nitrogen and oxygen atoms in total. The first-order valence-electron chi connectivity index (χ1n) is 9.48. The van der Waals surface area contributed by atoms with Crippen LogP contribution in [0.2, 0.25) is 0 Å². The first kappa shape index (κ1) is 20.3. The minimum atomic E-state index is -3.82. The van der Waals surface area contributed by atoms with Gasteiger partial charge in [-0.2, -0.15) is 5.26 Å². The van der Waals surface area contributed by atoms with Crippen molar-refractivity contribution in [1.82, 2.24) is 0 Å². The van der Waals surface area contributed by atoms with E-state index in [4.69, 9.17) is 0 Å². The number of nitrogens with zero attached hydrogens (tertiary/aromatic N) is 1. The van der Waals surface area contributed by atoms with Crippen LogP contribution in [-0.2, 0) is 15.6 Å². The van der Waals surface area contributed by atoms with Gasteiger partial charge in [-0.05, 0) is 78.8 Å². The van der Waals surface area contributed by atoms with E-state index < -0.39 is 15.8 Å². The maximum absolute atomic E-state index is 13.4. The van der Waals surface area contributed by atoms with Crippen LogP contribution < -0.4 is 0 Å². The van der Waals surface area contributed by atoms with Crippen molar-refractivity contribution in [3.63, 3.8) is 0 Å². The van der Waals surface area contributed by atoms with Gasteiger partial charge in [-0.3, -0.25) is 0 Å². The van der Waals surface area contributed by atoms with Crippen LogP contribution in [0, 0.1) is 18.3 Å². The molecule has 30 heavy (non-hydrogen) atoms. The average molecular weight is 438 g/mol. The van der Waals surface area contributed by atoms with E-state index in [-0.39, 0.29) is 22.1 Å². The maximum atomic E-state index is 13.4. The fourth-order valence-corrected chi connectivity index (χ4v) is 6.19. The molecule has 0 saturated heterocycles. The zero-order chi connectivity index (χ0) is 21.5. The van der Waals surface area contributed by atoms with E-state index in [9.17, 15) is 23.6 Å². The highest BCUT2D eigenvalue weighted by Gasteiger charge is 2.31. The lowest BCUT2D eigenvalue weighted by molar-refractivity contribution is 0.0696. The Hall–Kier alpha value is -2.95. The van der Waals surface area contributed by atoms with Crippen LogP contribution in [0.3, 0.4) is 0 Å². The molecule has 1 saturated carbocycles. The van der Waals surface area contributed by atoms with Crippen molar-refractivity contribution in [2.75, 3.05) is 0 Å². The molecule has 1 N–H and O–H groups in total. The number of benzene rings is 2. The van der Waals surface area contributed by atoms with Gasteiger partial charge in [0.25, 0.3) is 0 Å². The molecule has 1 fully saturated rings. The third-order valence-corrected chi connectivity index (χ3v) is 7.95. The maximum Gasteiger partial charge on any atom is 0.335 e. The van der Waals surface area contributed by atoms with Crippen molar-refractivity contribution in [3.05, 3.63) is 75.7 Å². The number of carbonyl (C=O) groups is 1. The van der Waals surface area contributed by atoms with Gasteiger partial charge in [0.2, 0.25) is 0 Å². The first-order chi connectivity index (χ1) is 14.3. The number of carboxylic acids is 1. The molecule has 152 valence electrons. The van der Waals surface area contributed by atoms with Crippen molar-refractivity contribution >= 4 is 27.1 Å². The quantitative estimate of drug-likeness (QED) is 0.576. The number of carboxylic acid groups (broad SMARTS) is 1. The largest absolute Gasteiger partial charge is 0.478 e. The SMILES string of the molecule is Cc1ccc(-c2ccc(C#N)cc2CS(=O)(=O)c2cc(C(=O)O)ccc2C2CC2)s1. The molecule has 4 rings (SSSR count). The second-order valence-electron chi connectivity index (χ2n) is 7.49. The molecule has 2 aromatic carbocycles. The minimum absolute atomic E-state index is 0.0437. The Kier molecular flexibility index (Phi) is 5.22. The van der Waals surface area contributed by atoms with Gasteiger partial charge in [0, 0.05) is 9.75 Å². The van der Waals surface area contributed by atoms with E-state index in [0.29, 0.717) is 16.7 Å². The van der Waals surface area contributed by atoms with E-state index in [1.165, 1.54) is 12.1 Å². The second-order valence-corrected chi connectivity index (χ2v) is 10.7. The minimum Gasteiger partial charge on any atom is -0.478 e. The van der Waals surface area contributed by atoms with Crippen molar-refractivity contribution in [3.8, 4) is 16.5 Å². The topological polar surface area (TPSA) is 95.2 Å². The van der Waals surface area contributed by atoms with Crippen molar-refractivity contribution in [1.29, 1.82) is 5.26 Å². The molecule has 0 amide bonds. The highest BCUT2D eigenvalue weighted by atomic mass is 32.2. The Morgan fingerprint density at radius 1 is 1.17 bits per heavy atom. The van der Waals surface area contributed by atoms with Crippen LogP contribution in [-0.4, -0.2) is 19.5 Å². The van der Waals surface area contributed by atoms with Crippen molar-refractivity contribution < 1.29 is 18.3 Å². The van der Waals surface area contributed by atoms with E-state index in [1.807, 2.05) is 19.1 Å². The summed E-state index contributed by atoms with van der Waals surface area (Å²) in [5.74, 6) is -1.30. The zero-order valence-corrected chi connectivity index (χ0v) is 17.9. The Balaban J connectivity index is 1.82. The molecule has 7 heteroatoms. The Labute approximate surface area is 179 Å². The van der Waals surface area contributed by atoms with Crippen LogP contribution in [0.15, 0.2) is 53.4 Å². The fourth-order valence-electron chi connectivity index (χ4n) is 3.55. The highest BCUT2D eigenvalue weighted by molar-refractivity contribution is 7.90. The zero-order valence-electron chi connectivity index (χ0n) is 16.3. The lowest BCUT2D eigenvalue weighted by Gasteiger charge is -2.14. The molecule has 0 aliphatic heterocycles. The van der Waals surface area contributed by atoms with E-state index in [2.05, 4.69) is 6.07 Å². The van der Waals surface area contributed by atoms with Crippen LogP contribution in [0.1, 0.15) is 50.7 Å².